The molecule has 0 aromatic heterocycles. The van der Waals surface area contributed by atoms with Gasteiger partial charge in [-0.1, -0.05) is 69.3 Å². The highest BCUT2D eigenvalue weighted by molar-refractivity contribution is 6.13. The maximum Gasteiger partial charge on any atom is 0.319 e. The number of nitrogens with zero attached hydrogens (tertiary/aromatic N) is 2. The van der Waals surface area contributed by atoms with Gasteiger partial charge in [0.2, 0.25) is 5.91 Å². The third kappa shape index (κ3) is 6.83. The molecule has 1 heterocycles. The first kappa shape index (κ1) is 30.0. The van der Waals surface area contributed by atoms with Gasteiger partial charge in [0.15, 0.2) is 5.78 Å². The normalized spacial score (nSPS) is 15.0. The lowest BCUT2D eigenvalue weighted by Crippen LogP contribution is -2.55. The summed E-state index contributed by atoms with van der Waals surface area (Å²) in [6.07, 6.45) is -0.218. The van der Waals surface area contributed by atoms with Crippen LogP contribution < -0.4 is 20.4 Å². The van der Waals surface area contributed by atoms with Crippen molar-refractivity contribution in [3.05, 3.63) is 89.5 Å². The number of carbonyl (C=O) groups is 5. The van der Waals surface area contributed by atoms with Crippen LogP contribution in [0, 0.1) is 12.3 Å². The number of carbonyl (C=O) groups excluding carboxylic acids is 4. The second-order valence-electron chi connectivity index (χ2n) is 11.2. The van der Waals surface area contributed by atoms with Gasteiger partial charge in [-0.2, -0.15) is 0 Å². The zero-order chi connectivity index (χ0) is 30.6. The van der Waals surface area contributed by atoms with Crippen molar-refractivity contribution >= 4 is 46.7 Å². The molecule has 10 heteroatoms. The molecule has 3 N–H and O–H groups in total. The Labute approximate surface area is 244 Å². The number of para-hydroxylation sites is 2. The Morgan fingerprint density at radius 3 is 2.26 bits per heavy atom. The Balaban J connectivity index is 1.69. The third-order valence-corrected chi connectivity index (χ3v) is 6.87. The van der Waals surface area contributed by atoms with Crippen LogP contribution in [0.3, 0.4) is 0 Å². The molecule has 4 rings (SSSR count). The summed E-state index contributed by atoms with van der Waals surface area (Å²) in [7, 11) is 0. The number of carboxylic acid groups (broad SMARTS) is 1. The predicted molar refractivity (Wildman–Crippen MR) is 160 cm³/mol. The SMILES string of the molecule is Cc1ccccc1C(=O)CN1C(=O)C(NC(=O)Nc2cccc(CC(=O)O)c2)CN(C(=O)C(C)(C)C)c2ccccc21. The summed E-state index contributed by atoms with van der Waals surface area (Å²) in [5.41, 5.74) is 2.09. The quantitative estimate of drug-likeness (QED) is 0.360. The number of aryl methyl sites for hydroxylation is 1. The molecule has 1 aliphatic heterocycles. The molecule has 0 bridgehead atoms. The van der Waals surface area contributed by atoms with E-state index < -0.39 is 29.4 Å². The molecule has 218 valence electrons. The smallest absolute Gasteiger partial charge is 0.319 e. The van der Waals surface area contributed by atoms with E-state index in [-0.39, 0.29) is 31.2 Å². The molecule has 0 radical (unpaired) electrons. The minimum Gasteiger partial charge on any atom is -0.481 e. The predicted octanol–water partition coefficient (Wildman–Crippen LogP) is 4.42. The average molecular weight is 571 g/mol. The highest BCUT2D eigenvalue weighted by Crippen LogP contribution is 2.35. The second kappa shape index (κ2) is 12.3. The molecule has 1 aliphatic rings. The lowest BCUT2D eigenvalue weighted by atomic mass is 9.94. The zero-order valence-corrected chi connectivity index (χ0v) is 24.0. The number of rotatable bonds is 7. The Morgan fingerprint density at radius 2 is 1.60 bits per heavy atom. The van der Waals surface area contributed by atoms with Crippen molar-refractivity contribution in [3.63, 3.8) is 0 Å². The minimum absolute atomic E-state index is 0.159. The molecule has 0 spiro atoms. The number of aliphatic carboxylic acids is 1. The molecule has 1 unspecified atom stereocenters. The van der Waals surface area contributed by atoms with Gasteiger partial charge in [-0.3, -0.25) is 19.2 Å². The Hall–Kier alpha value is -4.99. The van der Waals surface area contributed by atoms with E-state index in [1.54, 1.807) is 75.4 Å². The van der Waals surface area contributed by atoms with Crippen LogP contribution in [0.1, 0.15) is 42.3 Å². The van der Waals surface area contributed by atoms with E-state index in [0.717, 1.165) is 5.56 Å². The molecule has 0 saturated carbocycles. The van der Waals surface area contributed by atoms with Crippen LogP contribution in [0.2, 0.25) is 0 Å². The number of benzene rings is 3. The summed E-state index contributed by atoms with van der Waals surface area (Å²) in [4.78, 5) is 68.2. The molecule has 0 fully saturated rings. The third-order valence-electron chi connectivity index (χ3n) is 6.87. The van der Waals surface area contributed by atoms with Crippen molar-refractivity contribution < 1.29 is 29.1 Å². The van der Waals surface area contributed by atoms with Crippen LogP contribution in [0.15, 0.2) is 72.8 Å². The van der Waals surface area contributed by atoms with Gasteiger partial charge in [-0.05, 0) is 42.3 Å². The van der Waals surface area contributed by atoms with Crippen molar-refractivity contribution in [2.75, 3.05) is 28.2 Å². The van der Waals surface area contributed by atoms with Gasteiger partial charge in [-0.25, -0.2) is 4.79 Å². The molecular formula is C32H34N4O6. The van der Waals surface area contributed by atoms with E-state index in [2.05, 4.69) is 10.6 Å². The first-order valence-corrected chi connectivity index (χ1v) is 13.5. The standard InChI is InChI=1S/C32H34N4O6/c1-20-10-5-6-13-23(20)27(37)19-35-25-14-7-8-15-26(25)36(30(41)32(2,3)4)18-24(29(35)40)34-31(42)33-22-12-9-11-21(16-22)17-28(38)39/h5-16,24H,17-19H2,1-4H3,(H,38,39)(H2,33,34,42). The Bertz CT molecular complexity index is 1540. The van der Waals surface area contributed by atoms with Crippen molar-refractivity contribution in [3.8, 4) is 0 Å². The maximum atomic E-state index is 14.1. The van der Waals surface area contributed by atoms with Gasteiger partial charge in [0, 0.05) is 16.7 Å². The van der Waals surface area contributed by atoms with Gasteiger partial charge < -0.3 is 25.5 Å². The summed E-state index contributed by atoms with van der Waals surface area (Å²) in [5.74, 6) is -2.11. The fourth-order valence-corrected chi connectivity index (χ4v) is 4.83. The number of urea groups is 1. The summed E-state index contributed by atoms with van der Waals surface area (Å²) in [6.45, 7) is 6.66. The number of ketones is 1. The molecular weight excluding hydrogens is 536 g/mol. The van der Waals surface area contributed by atoms with Gasteiger partial charge in [0.25, 0.3) is 5.91 Å². The van der Waals surface area contributed by atoms with Crippen LogP contribution in [-0.4, -0.2) is 53.8 Å². The van der Waals surface area contributed by atoms with Crippen molar-refractivity contribution in [1.29, 1.82) is 0 Å². The first-order valence-electron chi connectivity index (χ1n) is 13.5. The van der Waals surface area contributed by atoms with Gasteiger partial charge in [0.1, 0.15) is 6.04 Å². The average Bonchev–Trinajstić information content (AvgIpc) is 3.03. The second-order valence-corrected chi connectivity index (χ2v) is 11.2. The number of carboxylic acids is 1. The molecule has 1 atom stereocenters. The molecule has 3 aromatic carbocycles. The maximum absolute atomic E-state index is 14.1. The van der Waals surface area contributed by atoms with Crippen molar-refractivity contribution in [1.82, 2.24) is 5.32 Å². The van der Waals surface area contributed by atoms with Gasteiger partial charge in [-0.15, -0.1) is 0 Å². The van der Waals surface area contributed by atoms with Crippen LogP contribution in [0.4, 0.5) is 21.9 Å². The minimum atomic E-state index is -1.20. The lowest BCUT2D eigenvalue weighted by molar-refractivity contribution is -0.136. The largest absolute Gasteiger partial charge is 0.481 e. The number of fused-ring (bicyclic) bond motifs is 1. The highest BCUT2D eigenvalue weighted by Gasteiger charge is 2.40. The van der Waals surface area contributed by atoms with Crippen LogP contribution in [0.25, 0.3) is 0 Å². The monoisotopic (exact) mass is 570 g/mol. The summed E-state index contributed by atoms with van der Waals surface area (Å²) in [6, 6.07) is 18.4. The van der Waals surface area contributed by atoms with E-state index in [0.29, 0.717) is 28.2 Å². The zero-order valence-electron chi connectivity index (χ0n) is 24.0. The topological polar surface area (TPSA) is 136 Å². The molecule has 4 amide bonds. The number of Topliss-reactive ketones (excluding diaryl/α,β-unsaturated/α-hetero) is 1. The fourth-order valence-electron chi connectivity index (χ4n) is 4.83. The summed E-state index contributed by atoms with van der Waals surface area (Å²) < 4.78 is 0. The van der Waals surface area contributed by atoms with E-state index in [1.807, 2.05) is 19.1 Å². The van der Waals surface area contributed by atoms with Crippen molar-refractivity contribution in [2.45, 2.75) is 40.2 Å². The Kier molecular flexibility index (Phi) is 8.75. The van der Waals surface area contributed by atoms with E-state index in [4.69, 9.17) is 5.11 Å². The van der Waals surface area contributed by atoms with Crippen molar-refractivity contribution in [2.24, 2.45) is 5.41 Å². The lowest BCUT2D eigenvalue weighted by Gasteiger charge is -2.30. The molecule has 0 saturated heterocycles. The fraction of sp³-hybridized carbons (Fsp3) is 0.281. The molecule has 42 heavy (non-hydrogen) atoms. The number of hydrogen-bond acceptors (Lipinski definition) is 5. The van der Waals surface area contributed by atoms with E-state index in [9.17, 15) is 24.0 Å². The van der Waals surface area contributed by atoms with Gasteiger partial charge >= 0.3 is 12.0 Å². The molecule has 10 nitrogen and oxygen atoms in total. The first-order chi connectivity index (χ1) is 19.8. The molecule has 0 aliphatic carbocycles. The summed E-state index contributed by atoms with van der Waals surface area (Å²) in [5, 5.41) is 14.4. The van der Waals surface area contributed by atoms with Crippen LogP contribution in [-0.2, 0) is 20.8 Å². The number of hydrogen-bond donors (Lipinski definition) is 3. The van der Waals surface area contributed by atoms with E-state index in [1.165, 1.54) is 15.9 Å². The van der Waals surface area contributed by atoms with E-state index >= 15 is 0 Å². The number of nitrogens with one attached hydrogen (secondary N) is 2. The van der Waals surface area contributed by atoms with Gasteiger partial charge in [0.05, 0.1) is 30.9 Å². The number of amides is 4. The highest BCUT2D eigenvalue weighted by atomic mass is 16.4. The Morgan fingerprint density at radius 1 is 0.929 bits per heavy atom. The van der Waals surface area contributed by atoms with Crippen LogP contribution in [0.5, 0.6) is 0 Å². The number of anilines is 3. The summed E-state index contributed by atoms with van der Waals surface area (Å²) >= 11 is 0. The van der Waals surface area contributed by atoms with Crippen LogP contribution >= 0.6 is 0 Å². The molecule has 3 aromatic rings.